The molecule has 0 radical (unpaired) electrons. The molecule has 0 aliphatic heterocycles. The van der Waals surface area contributed by atoms with E-state index in [1.54, 1.807) is 6.08 Å². The van der Waals surface area contributed by atoms with E-state index in [1.165, 1.54) is 38.5 Å². The van der Waals surface area contributed by atoms with Crippen LogP contribution in [0.15, 0.2) is 170 Å². The van der Waals surface area contributed by atoms with Crippen LogP contribution in [0.2, 0.25) is 0 Å². The molecular formula is C65H98O6. The maximum atomic E-state index is 12.7. The van der Waals surface area contributed by atoms with Gasteiger partial charge >= 0.3 is 17.9 Å². The molecule has 0 fully saturated rings. The molecule has 0 aromatic carbocycles. The van der Waals surface area contributed by atoms with Crippen LogP contribution >= 0.6 is 0 Å². The number of carbonyl (C=O) groups is 3. The fourth-order valence-electron chi connectivity index (χ4n) is 6.69. The first-order chi connectivity index (χ1) is 35.0. The van der Waals surface area contributed by atoms with Gasteiger partial charge in [-0.2, -0.15) is 0 Å². The number of esters is 3. The third-order valence-electron chi connectivity index (χ3n) is 10.7. The van der Waals surface area contributed by atoms with Gasteiger partial charge in [0.05, 0.1) is 6.42 Å². The van der Waals surface area contributed by atoms with E-state index in [9.17, 15) is 14.4 Å². The van der Waals surface area contributed by atoms with Gasteiger partial charge in [-0.1, -0.05) is 242 Å². The first-order valence-corrected chi connectivity index (χ1v) is 27.6. The maximum absolute atomic E-state index is 12.7. The quantitative estimate of drug-likeness (QED) is 0.0262. The Kier molecular flexibility index (Phi) is 53.1. The van der Waals surface area contributed by atoms with Crippen molar-refractivity contribution in [1.82, 2.24) is 0 Å². The number of hydrogen-bond acceptors (Lipinski definition) is 6. The van der Waals surface area contributed by atoms with Crippen molar-refractivity contribution in [2.24, 2.45) is 0 Å². The summed E-state index contributed by atoms with van der Waals surface area (Å²) in [7, 11) is 0. The summed E-state index contributed by atoms with van der Waals surface area (Å²) in [6, 6.07) is 0. The van der Waals surface area contributed by atoms with E-state index in [4.69, 9.17) is 14.2 Å². The second kappa shape index (κ2) is 57.3. The molecule has 6 heteroatoms. The van der Waals surface area contributed by atoms with Crippen molar-refractivity contribution in [2.45, 2.75) is 207 Å². The van der Waals surface area contributed by atoms with Crippen LogP contribution in [0.5, 0.6) is 0 Å². The van der Waals surface area contributed by atoms with E-state index >= 15 is 0 Å². The third-order valence-corrected chi connectivity index (χ3v) is 10.7. The number of ether oxygens (including phenoxy) is 3. The van der Waals surface area contributed by atoms with Crippen molar-refractivity contribution in [1.29, 1.82) is 0 Å². The first-order valence-electron chi connectivity index (χ1n) is 27.6. The van der Waals surface area contributed by atoms with Gasteiger partial charge in [-0.05, 0) is 109 Å². The van der Waals surface area contributed by atoms with Crippen molar-refractivity contribution < 1.29 is 28.6 Å². The summed E-state index contributed by atoms with van der Waals surface area (Å²) in [5.41, 5.74) is 0. The molecule has 0 spiro atoms. The molecule has 0 saturated carbocycles. The maximum Gasteiger partial charge on any atom is 0.310 e. The fraction of sp³-hybridized carbons (Fsp3) is 0.523. The van der Waals surface area contributed by atoms with Crippen molar-refractivity contribution in [2.75, 3.05) is 13.2 Å². The topological polar surface area (TPSA) is 78.9 Å². The molecule has 1 atom stereocenters. The minimum Gasteiger partial charge on any atom is -0.462 e. The monoisotopic (exact) mass is 975 g/mol. The second-order valence-electron chi connectivity index (χ2n) is 17.4. The molecule has 0 aromatic rings. The van der Waals surface area contributed by atoms with Crippen LogP contribution in [-0.2, 0) is 28.6 Å². The van der Waals surface area contributed by atoms with Crippen LogP contribution in [0.3, 0.4) is 0 Å². The highest BCUT2D eigenvalue weighted by atomic mass is 16.6. The van der Waals surface area contributed by atoms with Crippen LogP contribution in [0.1, 0.15) is 201 Å². The molecule has 394 valence electrons. The minimum absolute atomic E-state index is 0.0770. The zero-order valence-corrected chi connectivity index (χ0v) is 44.9. The van der Waals surface area contributed by atoms with Gasteiger partial charge in [0, 0.05) is 12.8 Å². The zero-order chi connectivity index (χ0) is 51.4. The number of carbonyl (C=O) groups excluding carboxylic acids is 3. The number of unbranched alkanes of at least 4 members (excludes halogenated alkanes) is 9. The van der Waals surface area contributed by atoms with Crippen LogP contribution in [0.25, 0.3) is 0 Å². The van der Waals surface area contributed by atoms with E-state index in [0.29, 0.717) is 19.3 Å². The van der Waals surface area contributed by atoms with Crippen molar-refractivity contribution in [3.8, 4) is 0 Å². The third kappa shape index (κ3) is 55.6. The molecule has 0 bridgehead atoms. The van der Waals surface area contributed by atoms with Gasteiger partial charge < -0.3 is 14.2 Å². The van der Waals surface area contributed by atoms with Gasteiger partial charge in [-0.25, -0.2) is 0 Å². The normalized spacial score (nSPS) is 13.5. The van der Waals surface area contributed by atoms with Crippen LogP contribution in [-0.4, -0.2) is 37.2 Å². The molecule has 71 heavy (non-hydrogen) atoms. The van der Waals surface area contributed by atoms with E-state index in [2.05, 4.69) is 179 Å². The van der Waals surface area contributed by atoms with Crippen LogP contribution in [0, 0.1) is 0 Å². The summed E-state index contributed by atoms with van der Waals surface area (Å²) < 4.78 is 16.6. The lowest BCUT2D eigenvalue weighted by molar-refractivity contribution is -0.166. The Morgan fingerprint density at radius 3 is 0.930 bits per heavy atom. The van der Waals surface area contributed by atoms with Gasteiger partial charge in [0.25, 0.3) is 0 Å². The molecule has 0 N–H and O–H groups in total. The molecule has 0 aliphatic rings. The molecule has 1 unspecified atom stereocenters. The lowest BCUT2D eigenvalue weighted by Gasteiger charge is -2.18. The average Bonchev–Trinajstić information content (AvgIpc) is 3.37. The van der Waals surface area contributed by atoms with Gasteiger partial charge in [-0.3, -0.25) is 14.4 Å². The molecule has 0 aromatic heterocycles. The summed E-state index contributed by atoms with van der Waals surface area (Å²) in [6.45, 7) is 6.22. The highest BCUT2D eigenvalue weighted by Gasteiger charge is 2.19. The number of hydrogen-bond donors (Lipinski definition) is 0. The Bertz CT molecular complexity index is 1690. The number of rotatable bonds is 47. The first kappa shape index (κ1) is 65.8. The zero-order valence-electron chi connectivity index (χ0n) is 44.9. The highest BCUT2D eigenvalue weighted by molar-refractivity contribution is 5.72. The smallest absolute Gasteiger partial charge is 0.310 e. The predicted octanol–water partition coefficient (Wildman–Crippen LogP) is 18.8. The molecule has 6 nitrogen and oxygen atoms in total. The lowest BCUT2D eigenvalue weighted by Crippen LogP contribution is -2.30. The molecular weight excluding hydrogens is 877 g/mol. The van der Waals surface area contributed by atoms with Gasteiger partial charge in [-0.15, -0.1) is 0 Å². The van der Waals surface area contributed by atoms with Crippen molar-refractivity contribution >= 4 is 17.9 Å². The van der Waals surface area contributed by atoms with E-state index in [1.807, 2.05) is 6.08 Å². The Morgan fingerprint density at radius 1 is 0.310 bits per heavy atom. The summed E-state index contributed by atoms with van der Waals surface area (Å²) in [6.07, 6.45) is 85.3. The molecule has 0 rings (SSSR count). The van der Waals surface area contributed by atoms with E-state index < -0.39 is 12.1 Å². The summed E-state index contributed by atoms with van der Waals surface area (Å²) >= 11 is 0. The van der Waals surface area contributed by atoms with Crippen molar-refractivity contribution in [3.63, 3.8) is 0 Å². The van der Waals surface area contributed by atoms with Crippen LogP contribution < -0.4 is 0 Å². The summed E-state index contributed by atoms with van der Waals surface area (Å²) in [4.78, 5) is 37.9. The Hall–Kier alpha value is -5.23. The molecule has 0 aliphatic carbocycles. The van der Waals surface area contributed by atoms with Gasteiger partial charge in [0.2, 0.25) is 0 Å². The van der Waals surface area contributed by atoms with Gasteiger partial charge in [0.1, 0.15) is 13.2 Å². The summed E-state index contributed by atoms with van der Waals surface area (Å²) in [5.74, 6) is -1.15. The second-order valence-corrected chi connectivity index (χ2v) is 17.4. The molecule has 0 saturated heterocycles. The molecule has 0 heterocycles. The molecule has 0 amide bonds. The Balaban J connectivity index is 4.47. The highest BCUT2D eigenvalue weighted by Crippen LogP contribution is 2.12. The Morgan fingerprint density at radius 2 is 0.592 bits per heavy atom. The van der Waals surface area contributed by atoms with E-state index in [-0.39, 0.29) is 38.0 Å². The van der Waals surface area contributed by atoms with Crippen LogP contribution in [0.4, 0.5) is 0 Å². The number of allylic oxidation sites excluding steroid dienone is 27. The average molecular weight is 975 g/mol. The lowest BCUT2D eigenvalue weighted by atomic mass is 10.1. The minimum atomic E-state index is -0.862. The largest absolute Gasteiger partial charge is 0.462 e. The summed E-state index contributed by atoms with van der Waals surface area (Å²) in [5, 5.41) is 0. The van der Waals surface area contributed by atoms with E-state index in [0.717, 1.165) is 109 Å². The van der Waals surface area contributed by atoms with Gasteiger partial charge in [0.15, 0.2) is 6.10 Å². The SMILES string of the molecule is CC/C=C\C/C=C\C/C=C\C/C=C\C/C=C\C/C=C\C/C=C\C/C=C\C/C=C\CCCC(=O)OCC(COC(=O)CCCCCCCCCCC)OC(=O)C/C=C\C/C=C\C/C=C\C/C=C\C/C=C\CC. The predicted molar refractivity (Wildman–Crippen MR) is 306 cm³/mol. The fourth-order valence-corrected chi connectivity index (χ4v) is 6.69. The Labute approximate surface area is 434 Å². The standard InChI is InChI=1S/C65H98O6/c1-4-7-10-13-16-19-21-23-25-26-27-28-29-30-31-32-33-34-35-36-37-38-40-41-43-46-49-52-55-58-64(67)70-61-62(60-69-63(66)57-54-51-48-45-18-15-12-9-6-3)71-65(68)59-56-53-50-47-44-42-39-24-22-20-17-14-11-8-5-2/h7-8,10-11,16-17,19-20,23-25,27-28,30-31,33-34,36-37,39-41,44,46-47,49,53,56,62H,4-6,9,12-15,18,21-22,26,29,32,35,38,42-43,45,48,50-52,54-55,57-61H2,1-3H3/b10-7-,11-8-,19-16-,20-17-,25-23-,28-27-,31-30-,34-33-,37-36-,39-24-,41-40-,47-44-,49-46-,56-53-. The van der Waals surface area contributed by atoms with Crippen molar-refractivity contribution in [3.05, 3.63) is 170 Å².